The molecule has 1 aliphatic rings. The molecule has 0 unspecified atom stereocenters. The lowest BCUT2D eigenvalue weighted by Crippen LogP contribution is -2.53. The molecular weight excluding hydrogens is 266 g/mol. The molecule has 0 aliphatic heterocycles. The summed E-state index contributed by atoms with van der Waals surface area (Å²) < 4.78 is 0. The van der Waals surface area contributed by atoms with E-state index in [2.05, 4.69) is 17.2 Å². The van der Waals surface area contributed by atoms with Crippen molar-refractivity contribution in [3.63, 3.8) is 0 Å². The van der Waals surface area contributed by atoms with Crippen LogP contribution in [0.5, 0.6) is 0 Å². The fourth-order valence-corrected chi connectivity index (χ4v) is 2.74. The van der Waals surface area contributed by atoms with Crippen molar-refractivity contribution in [2.45, 2.75) is 38.1 Å². The molecule has 0 atom stereocenters. The number of anilines is 1. The fourth-order valence-electron chi connectivity index (χ4n) is 2.74. The van der Waals surface area contributed by atoms with Gasteiger partial charge in [-0.3, -0.25) is 4.79 Å². The number of pyridine rings is 1. The number of aromatic nitrogens is 1. The number of hydrogen-bond acceptors (Lipinski definition) is 4. The quantitative estimate of drug-likeness (QED) is 0.888. The molecular formula is C16H25N3O2. The predicted molar refractivity (Wildman–Crippen MR) is 83.5 cm³/mol. The first-order valence-corrected chi connectivity index (χ1v) is 7.52. The third-order valence-corrected chi connectivity index (χ3v) is 4.38. The molecule has 0 spiro atoms. The third kappa shape index (κ3) is 3.73. The molecule has 2 N–H and O–H groups in total. The molecule has 1 saturated carbocycles. The molecule has 0 aromatic carbocycles. The number of aliphatic hydroxyl groups excluding tert-OH is 1. The second-order valence-electron chi connectivity index (χ2n) is 6.37. The minimum Gasteiger partial charge on any atom is -0.394 e. The smallest absolute Gasteiger partial charge is 0.253 e. The number of aliphatic hydroxyl groups is 1. The van der Waals surface area contributed by atoms with E-state index in [0.29, 0.717) is 11.5 Å². The molecule has 2 rings (SSSR count). The van der Waals surface area contributed by atoms with E-state index in [0.717, 1.165) is 31.5 Å². The summed E-state index contributed by atoms with van der Waals surface area (Å²) in [5.41, 5.74) is 0.0659. The van der Waals surface area contributed by atoms with E-state index in [9.17, 15) is 9.90 Å². The minimum absolute atomic E-state index is 0.00529. The van der Waals surface area contributed by atoms with E-state index in [4.69, 9.17) is 0 Å². The number of nitrogens with one attached hydrogen (secondary N) is 1. The zero-order valence-electron chi connectivity index (χ0n) is 13.1. The van der Waals surface area contributed by atoms with Crippen LogP contribution >= 0.6 is 0 Å². The lowest BCUT2D eigenvalue weighted by molar-refractivity contribution is 0.0717. The summed E-state index contributed by atoms with van der Waals surface area (Å²) in [4.78, 5) is 18.5. The zero-order chi connectivity index (χ0) is 15.5. The first-order valence-electron chi connectivity index (χ1n) is 7.52. The van der Waals surface area contributed by atoms with Crippen LogP contribution in [0.3, 0.4) is 0 Å². The van der Waals surface area contributed by atoms with Crippen LogP contribution in [0.1, 0.15) is 43.0 Å². The Morgan fingerprint density at radius 2 is 2.10 bits per heavy atom. The lowest BCUT2D eigenvalue weighted by atomic mass is 9.77. The molecule has 21 heavy (non-hydrogen) atoms. The Balaban J connectivity index is 2.05. The van der Waals surface area contributed by atoms with Crippen molar-refractivity contribution in [3.8, 4) is 0 Å². The molecule has 1 aromatic heterocycles. The van der Waals surface area contributed by atoms with Crippen molar-refractivity contribution in [1.29, 1.82) is 0 Å². The molecule has 1 fully saturated rings. The Morgan fingerprint density at radius 3 is 2.57 bits per heavy atom. The van der Waals surface area contributed by atoms with Crippen molar-refractivity contribution >= 4 is 11.7 Å². The van der Waals surface area contributed by atoms with Gasteiger partial charge in [0.1, 0.15) is 5.82 Å². The lowest BCUT2D eigenvalue weighted by Gasteiger charge is -2.38. The number of nitrogens with zero attached hydrogens (tertiary/aromatic N) is 2. The molecule has 0 radical (unpaired) electrons. The van der Waals surface area contributed by atoms with Gasteiger partial charge in [0.25, 0.3) is 5.91 Å². The van der Waals surface area contributed by atoms with Crippen molar-refractivity contribution in [2.24, 2.45) is 5.92 Å². The summed E-state index contributed by atoms with van der Waals surface area (Å²) in [6.45, 7) is 2.21. The first-order chi connectivity index (χ1) is 9.96. The van der Waals surface area contributed by atoms with Gasteiger partial charge >= 0.3 is 0 Å². The van der Waals surface area contributed by atoms with Crippen LogP contribution in [-0.2, 0) is 0 Å². The minimum atomic E-state index is -0.468. The monoisotopic (exact) mass is 291 g/mol. The van der Waals surface area contributed by atoms with Gasteiger partial charge in [-0.25, -0.2) is 4.98 Å². The van der Waals surface area contributed by atoms with Crippen LogP contribution in [0.15, 0.2) is 18.3 Å². The van der Waals surface area contributed by atoms with Crippen molar-refractivity contribution in [3.05, 3.63) is 23.9 Å². The highest BCUT2D eigenvalue weighted by Gasteiger charge is 2.35. The van der Waals surface area contributed by atoms with Gasteiger partial charge in [0.2, 0.25) is 0 Å². The zero-order valence-corrected chi connectivity index (χ0v) is 13.1. The summed E-state index contributed by atoms with van der Waals surface area (Å²) in [6.07, 6.45) is 5.33. The van der Waals surface area contributed by atoms with Gasteiger partial charge in [-0.15, -0.1) is 0 Å². The molecule has 1 aliphatic carbocycles. The number of carbonyl (C=O) groups excluding carboxylic acids is 1. The average molecular weight is 291 g/mol. The normalized spacial score (nSPS) is 25.4. The standard InChI is InChI=1S/C16H25N3O2/c1-12-6-8-16(11-20,9-7-12)18-15(21)13-4-5-14(17-10-13)19(2)3/h4-5,10,12,20H,6-9,11H2,1-3H3,(H,18,21). The predicted octanol–water partition coefficient (Wildman–Crippen LogP) is 1.82. The molecule has 0 saturated heterocycles. The van der Waals surface area contributed by atoms with Crippen molar-refractivity contribution in [1.82, 2.24) is 10.3 Å². The van der Waals surface area contributed by atoms with E-state index >= 15 is 0 Å². The molecule has 1 amide bonds. The van der Waals surface area contributed by atoms with E-state index in [1.54, 1.807) is 12.3 Å². The van der Waals surface area contributed by atoms with Crippen LogP contribution < -0.4 is 10.2 Å². The number of hydrogen-bond donors (Lipinski definition) is 2. The van der Waals surface area contributed by atoms with Crippen molar-refractivity contribution < 1.29 is 9.90 Å². The van der Waals surface area contributed by atoms with Gasteiger partial charge in [0.05, 0.1) is 17.7 Å². The third-order valence-electron chi connectivity index (χ3n) is 4.38. The SMILES string of the molecule is CC1CCC(CO)(NC(=O)c2ccc(N(C)C)nc2)CC1. The molecule has 5 heteroatoms. The van der Waals surface area contributed by atoms with Gasteiger partial charge < -0.3 is 15.3 Å². The Labute approximate surface area is 126 Å². The second-order valence-corrected chi connectivity index (χ2v) is 6.37. The number of amides is 1. The molecule has 1 heterocycles. The summed E-state index contributed by atoms with van der Waals surface area (Å²) in [6, 6.07) is 3.59. The van der Waals surface area contributed by atoms with Gasteiger partial charge in [-0.05, 0) is 43.7 Å². The molecule has 0 bridgehead atoms. The maximum atomic E-state index is 12.4. The summed E-state index contributed by atoms with van der Waals surface area (Å²) in [5.74, 6) is 1.33. The maximum Gasteiger partial charge on any atom is 0.253 e. The highest BCUT2D eigenvalue weighted by molar-refractivity contribution is 5.94. The van der Waals surface area contributed by atoms with Crippen molar-refractivity contribution in [2.75, 3.05) is 25.6 Å². The Bertz CT molecular complexity index is 477. The van der Waals surface area contributed by atoms with E-state index in [-0.39, 0.29) is 12.5 Å². The van der Waals surface area contributed by atoms with E-state index in [1.165, 1.54) is 0 Å². The summed E-state index contributed by atoms with van der Waals surface area (Å²) >= 11 is 0. The molecule has 116 valence electrons. The largest absolute Gasteiger partial charge is 0.394 e. The Morgan fingerprint density at radius 1 is 1.43 bits per heavy atom. The van der Waals surface area contributed by atoms with Gasteiger partial charge in [0.15, 0.2) is 0 Å². The average Bonchev–Trinajstić information content (AvgIpc) is 2.50. The summed E-state index contributed by atoms with van der Waals surface area (Å²) in [7, 11) is 3.82. The van der Waals surface area contributed by atoms with Crippen LogP contribution in [0.25, 0.3) is 0 Å². The van der Waals surface area contributed by atoms with Crippen LogP contribution in [0, 0.1) is 5.92 Å². The van der Waals surface area contributed by atoms with Crippen LogP contribution in [0.2, 0.25) is 0 Å². The van der Waals surface area contributed by atoms with Gasteiger partial charge in [-0.1, -0.05) is 6.92 Å². The van der Waals surface area contributed by atoms with E-state index in [1.807, 2.05) is 25.1 Å². The molecule has 5 nitrogen and oxygen atoms in total. The van der Waals surface area contributed by atoms with Crippen LogP contribution in [-0.4, -0.2) is 42.2 Å². The van der Waals surface area contributed by atoms with Crippen LogP contribution in [0.4, 0.5) is 5.82 Å². The first kappa shape index (κ1) is 15.8. The second kappa shape index (κ2) is 6.43. The molecule has 1 aromatic rings. The Hall–Kier alpha value is -1.62. The highest BCUT2D eigenvalue weighted by Crippen LogP contribution is 2.31. The highest BCUT2D eigenvalue weighted by atomic mass is 16.3. The van der Waals surface area contributed by atoms with Gasteiger partial charge in [0, 0.05) is 20.3 Å². The number of carbonyl (C=O) groups is 1. The topological polar surface area (TPSA) is 65.5 Å². The number of rotatable bonds is 4. The maximum absolute atomic E-state index is 12.4. The van der Waals surface area contributed by atoms with E-state index < -0.39 is 5.54 Å². The fraction of sp³-hybridized carbons (Fsp3) is 0.625. The Kier molecular flexibility index (Phi) is 4.83. The summed E-state index contributed by atoms with van der Waals surface area (Å²) in [5, 5.41) is 12.7. The van der Waals surface area contributed by atoms with Gasteiger partial charge in [-0.2, -0.15) is 0 Å².